The molecule has 1 aliphatic rings. The number of carbonyl (C=O) groups is 2. The van der Waals surface area contributed by atoms with Gasteiger partial charge in [0.15, 0.2) is 5.78 Å². The van der Waals surface area contributed by atoms with E-state index in [4.69, 9.17) is 16.3 Å². The molecule has 0 aromatic heterocycles. The molecular weight excluding hydrogens is 302 g/mol. The molecule has 3 rings (SSSR count). The van der Waals surface area contributed by atoms with Crippen molar-refractivity contribution in [3.63, 3.8) is 0 Å². The number of anilines is 1. The summed E-state index contributed by atoms with van der Waals surface area (Å²) in [5, 5.41) is 0. The number of alkyl halides is 1. The van der Waals surface area contributed by atoms with E-state index < -0.39 is 16.6 Å². The van der Waals surface area contributed by atoms with Crippen molar-refractivity contribution in [2.24, 2.45) is 0 Å². The molecule has 4 nitrogen and oxygen atoms in total. The lowest BCUT2D eigenvalue weighted by molar-refractivity contribution is -0.120. The molecule has 1 heterocycles. The maximum atomic E-state index is 12.9. The number of hydrogen-bond acceptors (Lipinski definition) is 3. The largest absolute Gasteiger partial charge is 0.497 e. The molecule has 0 bridgehead atoms. The summed E-state index contributed by atoms with van der Waals surface area (Å²) in [4.78, 5) is 25.3. The van der Waals surface area contributed by atoms with Gasteiger partial charge in [0.05, 0.1) is 12.8 Å². The smallest absolute Gasteiger partial charge is 0.260 e. The number of ether oxygens (including phenoxy) is 1. The lowest BCUT2D eigenvalue weighted by atomic mass is 9.84. The van der Waals surface area contributed by atoms with Gasteiger partial charge in [0.1, 0.15) is 5.75 Å². The first kappa shape index (κ1) is 14.6. The quantitative estimate of drug-likeness (QED) is 0.632. The molecule has 1 atom stereocenters. The van der Waals surface area contributed by atoms with E-state index in [1.165, 1.54) is 12.0 Å². The van der Waals surface area contributed by atoms with Crippen LogP contribution in [-0.4, -0.2) is 25.8 Å². The zero-order valence-corrected chi connectivity index (χ0v) is 12.9. The SMILES string of the molecule is COc1ccc2c(c1)N(C)C(=O)C(Cl)(c1ccccc1)C2=O. The van der Waals surface area contributed by atoms with Gasteiger partial charge in [-0.2, -0.15) is 0 Å². The van der Waals surface area contributed by atoms with Gasteiger partial charge in [-0.1, -0.05) is 41.9 Å². The second-order valence-electron chi connectivity index (χ2n) is 5.10. The van der Waals surface area contributed by atoms with Gasteiger partial charge >= 0.3 is 0 Å². The Bertz CT molecular complexity index is 760. The van der Waals surface area contributed by atoms with Gasteiger partial charge in [-0.05, 0) is 17.7 Å². The Hall–Kier alpha value is -2.33. The van der Waals surface area contributed by atoms with Crippen molar-refractivity contribution < 1.29 is 14.3 Å². The van der Waals surface area contributed by atoms with Crippen molar-refractivity contribution in [1.82, 2.24) is 0 Å². The fraction of sp³-hybridized carbons (Fsp3) is 0.176. The third-order valence-electron chi connectivity index (χ3n) is 3.89. The van der Waals surface area contributed by atoms with E-state index in [0.717, 1.165) is 0 Å². The highest BCUT2D eigenvalue weighted by molar-refractivity contribution is 6.51. The zero-order chi connectivity index (χ0) is 15.9. The van der Waals surface area contributed by atoms with Gasteiger partial charge in [0.25, 0.3) is 5.91 Å². The van der Waals surface area contributed by atoms with E-state index in [9.17, 15) is 9.59 Å². The van der Waals surface area contributed by atoms with Crippen molar-refractivity contribution in [3.05, 3.63) is 59.7 Å². The van der Waals surface area contributed by atoms with Crippen LogP contribution in [0.25, 0.3) is 0 Å². The number of benzene rings is 2. The van der Waals surface area contributed by atoms with Crippen molar-refractivity contribution >= 4 is 29.0 Å². The number of amides is 1. The Morgan fingerprint density at radius 2 is 1.77 bits per heavy atom. The van der Waals surface area contributed by atoms with Gasteiger partial charge < -0.3 is 9.64 Å². The van der Waals surface area contributed by atoms with Crippen LogP contribution in [0.5, 0.6) is 5.75 Å². The number of halogens is 1. The molecular formula is C17H14ClNO3. The Balaban J connectivity index is 2.21. The normalized spacial score (nSPS) is 20.8. The Morgan fingerprint density at radius 3 is 2.41 bits per heavy atom. The molecule has 0 saturated heterocycles. The minimum atomic E-state index is -1.72. The minimum absolute atomic E-state index is 0.404. The second kappa shape index (κ2) is 5.14. The molecule has 22 heavy (non-hydrogen) atoms. The van der Waals surface area contributed by atoms with Gasteiger partial charge in [0, 0.05) is 18.7 Å². The van der Waals surface area contributed by atoms with Crippen LogP contribution in [-0.2, 0) is 9.67 Å². The summed E-state index contributed by atoms with van der Waals surface area (Å²) in [5.41, 5.74) is 1.38. The summed E-state index contributed by atoms with van der Waals surface area (Å²) in [5.74, 6) is -0.305. The molecule has 0 spiro atoms. The monoisotopic (exact) mass is 315 g/mol. The van der Waals surface area contributed by atoms with E-state index in [1.54, 1.807) is 49.5 Å². The van der Waals surface area contributed by atoms with Gasteiger partial charge in [-0.15, -0.1) is 0 Å². The van der Waals surface area contributed by atoms with Crippen molar-refractivity contribution in [2.75, 3.05) is 19.1 Å². The third kappa shape index (κ3) is 1.91. The van der Waals surface area contributed by atoms with E-state index in [-0.39, 0.29) is 0 Å². The fourth-order valence-electron chi connectivity index (χ4n) is 2.65. The minimum Gasteiger partial charge on any atom is -0.497 e. The molecule has 1 unspecified atom stereocenters. The van der Waals surface area contributed by atoms with Crippen LogP contribution in [0.15, 0.2) is 48.5 Å². The first-order chi connectivity index (χ1) is 10.5. The van der Waals surface area contributed by atoms with Crippen LogP contribution in [0.3, 0.4) is 0 Å². The second-order valence-corrected chi connectivity index (χ2v) is 5.67. The van der Waals surface area contributed by atoms with Gasteiger partial charge in [0.2, 0.25) is 4.87 Å². The number of fused-ring (bicyclic) bond motifs is 1. The summed E-state index contributed by atoms with van der Waals surface area (Å²) in [6.45, 7) is 0. The van der Waals surface area contributed by atoms with Crippen molar-refractivity contribution in [1.29, 1.82) is 0 Å². The summed E-state index contributed by atoms with van der Waals surface area (Å²) in [6.07, 6.45) is 0. The molecule has 2 aromatic rings. The van der Waals surface area contributed by atoms with E-state index in [1.807, 2.05) is 6.07 Å². The van der Waals surface area contributed by atoms with E-state index >= 15 is 0 Å². The highest BCUT2D eigenvalue weighted by Crippen LogP contribution is 2.43. The Kier molecular flexibility index (Phi) is 3.41. The third-order valence-corrected chi connectivity index (χ3v) is 4.45. The first-order valence-electron chi connectivity index (χ1n) is 6.75. The van der Waals surface area contributed by atoms with Crippen LogP contribution in [0.2, 0.25) is 0 Å². The zero-order valence-electron chi connectivity index (χ0n) is 12.2. The number of likely N-dealkylation sites (N-methyl/N-ethyl adjacent to an activating group) is 1. The average Bonchev–Trinajstić information content (AvgIpc) is 2.58. The number of hydrogen-bond donors (Lipinski definition) is 0. The Labute approximate surface area is 133 Å². The topological polar surface area (TPSA) is 46.6 Å². The first-order valence-corrected chi connectivity index (χ1v) is 7.13. The maximum Gasteiger partial charge on any atom is 0.260 e. The number of methoxy groups -OCH3 is 1. The van der Waals surface area contributed by atoms with Crippen LogP contribution in [0.1, 0.15) is 15.9 Å². The van der Waals surface area contributed by atoms with Crippen LogP contribution in [0.4, 0.5) is 5.69 Å². The molecule has 0 N–H and O–H groups in total. The summed E-state index contributed by atoms with van der Waals surface area (Å²) in [6, 6.07) is 13.7. The molecule has 1 aliphatic heterocycles. The summed E-state index contributed by atoms with van der Waals surface area (Å²) >= 11 is 6.53. The number of nitrogens with zero attached hydrogens (tertiary/aromatic N) is 1. The molecule has 5 heteroatoms. The van der Waals surface area contributed by atoms with Crippen molar-refractivity contribution in [3.8, 4) is 5.75 Å². The average molecular weight is 316 g/mol. The van der Waals surface area contributed by atoms with Crippen LogP contribution >= 0.6 is 11.6 Å². The Morgan fingerprint density at radius 1 is 1.09 bits per heavy atom. The number of carbonyl (C=O) groups excluding carboxylic acids is 2. The predicted molar refractivity (Wildman–Crippen MR) is 84.7 cm³/mol. The predicted octanol–water partition coefficient (Wildman–Crippen LogP) is 2.99. The highest BCUT2D eigenvalue weighted by Gasteiger charge is 2.52. The molecule has 0 saturated carbocycles. The van der Waals surface area contributed by atoms with Gasteiger partial charge in [-0.25, -0.2) is 0 Å². The number of Topliss-reactive ketones (excluding diaryl/α,β-unsaturated/α-hetero) is 1. The van der Waals surface area contributed by atoms with E-state index in [2.05, 4.69) is 0 Å². The van der Waals surface area contributed by atoms with Crippen LogP contribution < -0.4 is 9.64 Å². The highest BCUT2D eigenvalue weighted by atomic mass is 35.5. The molecule has 0 aliphatic carbocycles. The summed E-state index contributed by atoms with van der Waals surface area (Å²) in [7, 11) is 3.14. The van der Waals surface area contributed by atoms with Gasteiger partial charge in [-0.3, -0.25) is 9.59 Å². The molecule has 112 valence electrons. The number of rotatable bonds is 2. The molecule has 0 fully saturated rings. The molecule has 2 aromatic carbocycles. The van der Waals surface area contributed by atoms with Crippen LogP contribution in [0, 0.1) is 0 Å². The molecule has 0 radical (unpaired) electrons. The fourth-order valence-corrected chi connectivity index (χ4v) is 3.01. The number of ketones is 1. The summed E-state index contributed by atoms with van der Waals surface area (Å²) < 4.78 is 5.15. The lowest BCUT2D eigenvalue weighted by Crippen LogP contribution is -2.51. The lowest BCUT2D eigenvalue weighted by Gasteiger charge is -2.36. The van der Waals surface area contributed by atoms with Crippen molar-refractivity contribution in [2.45, 2.75) is 4.87 Å². The molecule has 1 amide bonds. The maximum absolute atomic E-state index is 12.9. The van der Waals surface area contributed by atoms with E-state index in [0.29, 0.717) is 22.6 Å². The standard InChI is InChI=1S/C17H14ClNO3/c1-19-14-10-12(22-2)8-9-13(14)15(20)17(18,16(19)21)11-6-4-3-5-7-11/h3-10H,1-2H3.